The van der Waals surface area contributed by atoms with Crippen molar-refractivity contribution in [2.75, 3.05) is 6.79 Å². The molecule has 0 radical (unpaired) electrons. The molecule has 1 aliphatic heterocycles. The topological polar surface area (TPSA) is 55.8 Å². The van der Waals surface area contributed by atoms with Crippen molar-refractivity contribution >= 4 is 5.78 Å². The first kappa shape index (κ1) is 18.0. The number of aliphatic hydroxyl groups is 1. The molecule has 0 spiro atoms. The maximum atomic E-state index is 13.3. The molecule has 0 atom stereocenters. The smallest absolute Gasteiger partial charge is 0.231 e. The largest absolute Gasteiger partial charge is 0.454 e. The van der Waals surface area contributed by atoms with Crippen molar-refractivity contribution in [1.29, 1.82) is 0 Å². The minimum Gasteiger partial charge on any atom is -0.454 e. The average molecular weight is 386 g/mol. The quantitative estimate of drug-likeness (QED) is 0.681. The second-order valence-electron chi connectivity index (χ2n) is 7.77. The fraction of sp³-hybridized carbons (Fsp3) is 0.240. The first-order valence-corrected chi connectivity index (χ1v) is 9.91. The fourth-order valence-corrected chi connectivity index (χ4v) is 4.16. The van der Waals surface area contributed by atoms with Crippen LogP contribution in [-0.2, 0) is 23.2 Å². The molecule has 0 unspecified atom stereocenters. The van der Waals surface area contributed by atoms with Gasteiger partial charge in [0.15, 0.2) is 11.5 Å². The van der Waals surface area contributed by atoms with E-state index in [4.69, 9.17) is 9.47 Å². The summed E-state index contributed by atoms with van der Waals surface area (Å²) in [6, 6.07) is 21.7. The van der Waals surface area contributed by atoms with Crippen molar-refractivity contribution < 1.29 is 19.4 Å². The van der Waals surface area contributed by atoms with Crippen molar-refractivity contribution in [2.45, 2.75) is 31.3 Å². The van der Waals surface area contributed by atoms with E-state index in [9.17, 15) is 9.90 Å². The second-order valence-corrected chi connectivity index (χ2v) is 7.77. The molecule has 4 heteroatoms. The average Bonchev–Trinajstić information content (AvgIpc) is 3.45. The summed E-state index contributed by atoms with van der Waals surface area (Å²) < 4.78 is 10.9. The van der Waals surface area contributed by atoms with Crippen LogP contribution in [0.3, 0.4) is 0 Å². The number of fused-ring (bicyclic) bond motifs is 1. The molecule has 29 heavy (non-hydrogen) atoms. The van der Waals surface area contributed by atoms with Gasteiger partial charge in [0, 0.05) is 6.42 Å². The number of aliphatic hydroxyl groups excluding tert-OH is 1. The molecule has 5 rings (SSSR count). The van der Waals surface area contributed by atoms with E-state index in [1.54, 1.807) is 0 Å². The fourth-order valence-electron chi connectivity index (χ4n) is 4.16. The van der Waals surface area contributed by atoms with Crippen molar-refractivity contribution in [3.63, 3.8) is 0 Å². The third-order valence-corrected chi connectivity index (χ3v) is 6.00. The van der Waals surface area contributed by atoms with Crippen molar-refractivity contribution in [3.05, 3.63) is 83.4 Å². The van der Waals surface area contributed by atoms with E-state index >= 15 is 0 Å². The van der Waals surface area contributed by atoms with Crippen molar-refractivity contribution in [2.24, 2.45) is 0 Å². The van der Waals surface area contributed by atoms with Crippen LogP contribution in [-0.4, -0.2) is 17.7 Å². The van der Waals surface area contributed by atoms with Gasteiger partial charge in [0.25, 0.3) is 0 Å². The zero-order valence-corrected chi connectivity index (χ0v) is 16.1. The summed E-state index contributed by atoms with van der Waals surface area (Å²) in [5, 5.41) is 9.73. The van der Waals surface area contributed by atoms with Gasteiger partial charge < -0.3 is 14.6 Å². The van der Waals surface area contributed by atoms with E-state index in [2.05, 4.69) is 0 Å². The lowest BCUT2D eigenvalue weighted by molar-refractivity contribution is -0.120. The summed E-state index contributed by atoms with van der Waals surface area (Å²) in [6.45, 7) is 0.207. The predicted octanol–water partition coefficient (Wildman–Crippen LogP) is 4.42. The maximum absolute atomic E-state index is 13.3. The van der Waals surface area contributed by atoms with Crippen LogP contribution in [0.4, 0.5) is 0 Å². The Labute approximate surface area is 169 Å². The molecule has 1 aliphatic carbocycles. The van der Waals surface area contributed by atoms with Crippen LogP contribution in [0.15, 0.2) is 66.7 Å². The number of ketones is 1. The second kappa shape index (κ2) is 7.05. The molecule has 0 aromatic heterocycles. The Morgan fingerprint density at radius 3 is 2.48 bits per heavy atom. The summed E-state index contributed by atoms with van der Waals surface area (Å²) in [6.07, 6.45) is 2.11. The Kier molecular flexibility index (Phi) is 4.36. The molecular formula is C25H22O4. The number of hydrogen-bond acceptors (Lipinski definition) is 4. The van der Waals surface area contributed by atoms with Gasteiger partial charge in [-0.3, -0.25) is 4.79 Å². The highest BCUT2D eigenvalue weighted by atomic mass is 16.7. The van der Waals surface area contributed by atoms with Crippen LogP contribution in [0.25, 0.3) is 11.1 Å². The van der Waals surface area contributed by atoms with E-state index in [0.717, 1.165) is 52.2 Å². The van der Waals surface area contributed by atoms with Crippen LogP contribution >= 0.6 is 0 Å². The normalized spacial score (nSPS) is 15.9. The molecule has 1 fully saturated rings. The van der Waals surface area contributed by atoms with Gasteiger partial charge in [-0.2, -0.15) is 0 Å². The van der Waals surface area contributed by atoms with Gasteiger partial charge in [-0.25, -0.2) is 0 Å². The Bertz CT molecular complexity index is 1070. The SMILES string of the molecule is O=C(Cc1ccc(CO)c(-c2ccccc2)c1)C1(c2ccc3c(c2)OCO3)CC1. The summed E-state index contributed by atoms with van der Waals surface area (Å²) in [7, 11) is 0. The lowest BCUT2D eigenvalue weighted by atomic mass is 9.87. The Balaban J connectivity index is 1.42. The summed E-state index contributed by atoms with van der Waals surface area (Å²) in [4.78, 5) is 13.3. The Hall–Kier alpha value is -3.11. The summed E-state index contributed by atoms with van der Waals surface area (Å²) in [5.74, 6) is 1.69. The first-order chi connectivity index (χ1) is 14.2. The number of Topliss-reactive ketones (excluding diaryl/α,β-unsaturated/α-hetero) is 1. The van der Waals surface area contributed by atoms with E-state index < -0.39 is 5.41 Å². The van der Waals surface area contributed by atoms with Crippen molar-refractivity contribution in [1.82, 2.24) is 0 Å². The summed E-state index contributed by atoms with van der Waals surface area (Å²) >= 11 is 0. The number of rotatable bonds is 6. The Morgan fingerprint density at radius 2 is 1.72 bits per heavy atom. The third-order valence-electron chi connectivity index (χ3n) is 6.00. The molecule has 2 aliphatic rings. The highest BCUT2D eigenvalue weighted by Crippen LogP contribution is 2.51. The highest BCUT2D eigenvalue weighted by Gasteiger charge is 2.50. The molecule has 0 bridgehead atoms. The maximum Gasteiger partial charge on any atom is 0.231 e. The minimum atomic E-state index is -0.413. The molecule has 1 saturated carbocycles. The van der Waals surface area contributed by atoms with E-state index in [0.29, 0.717) is 6.42 Å². The van der Waals surface area contributed by atoms with Gasteiger partial charge in [0.05, 0.1) is 12.0 Å². The number of carbonyl (C=O) groups excluding carboxylic acids is 1. The molecule has 146 valence electrons. The molecule has 4 nitrogen and oxygen atoms in total. The lowest BCUT2D eigenvalue weighted by Gasteiger charge is -2.16. The highest BCUT2D eigenvalue weighted by molar-refractivity contribution is 5.95. The number of benzene rings is 3. The molecule has 0 saturated heterocycles. The number of ether oxygens (including phenoxy) is 2. The van der Waals surface area contributed by atoms with Gasteiger partial charge in [0.2, 0.25) is 6.79 Å². The molecule has 1 N–H and O–H groups in total. The van der Waals surface area contributed by atoms with Gasteiger partial charge in [-0.15, -0.1) is 0 Å². The Morgan fingerprint density at radius 1 is 0.931 bits per heavy atom. The van der Waals surface area contributed by atoms with E-state index in [-0.39, 0.29) is 19.2 Å². The van der Waals surface area contributed by atoms with Crippen LogP contribution in [0.1, 0.15) is 29.5 Å². The molecule has 1 heterocycles. The molecular weight excluding hydrogens is 364 g/mol. The summed E-state index contributed by atoms with van der Waals surface area (Å²) in [5.41, 5.74) is 4.46. The van der Waals surface area contributed by atoms with Crippen molar-refractivity contribution in [3.8, 4) is 22.6 Å². The van der Waals surface area contributed by atoms with Gasteiger partial charge in [-0.05, 0) is 52.8 Å². The zero-order chi connectivity index (χ0) is 19.8. The predicted molar refractivity (Wildman–Crippen MR) is 110 cm³/mol. The monoisotopic (exact) mass is 386 g/mol. The van der Waals surface area contributed by atoms with Crippen LogP contribution in [0.2, 0.25) is 0 Å². The van der Waals surface area contributed by atoms with Crippen LogP contribution in [0, 0.1) is 0 Å². The zero-order valence-electron chi connectivity index (χ0n) is 16.1. The molecule has 3 aromatic carbocycles. The van der Waals surface area contributed by atoms with Gasteiger partial charge in [-0.1, -0.05) is 54.6 Å². The van der Waals surface area contributed by atoms with Gasteiger partial charge >= 0.3 is 0 Å². The standard InChI is InChI=1S/C25H22O4/c26-15-19-7-6-17(12-21(19)18-4-2-1-3-5-18)13-24(27)25(10-11-25)20-8-9-22-23(14-20)29-16-28-22/h1-9,12,14,26H,10-11,13,15-16H2. The van der Waals surface area contributed by atoms with E-state index in [1.165, 1.54) is 0 Å². The number of hydrogen-bond donors (Lipinski definition) is 1. The van der Waals surface area contributed by atoms with Crippen LogP contribution < -0.4 is 9.47 Å². The minimum absolute atomic E-state index is 0.0282. The lowest BCUT2D eigenvalue weighted by Crippen LogP contribution is -2.22. The molecule has 3 aromatic rings. The first-order valence-electron chi connectivity index (χ1n) is 9.91. The van der Waals surface area contributed by atoms with Gasteiger partial charge in [0.1, 0.15) is 5.78 Å². The third kappa shape index (κ3) is 3.19. The molecule has 0 amide bonds. The van der Waals surface area contributed by atoms with E-state index in [1.807, 2.05) is 66.7 Å². The number of carbonyl (C=O) groups is 1. The van der Waals surface area contributed by atoms with Crippen LogP contribution in [0.5, 0.6) is 11.5 Å².